The van der Waals surface area contributed by atoms with Gasteiger partial charge in [0.15, 0.2) is 0 Å². The van der Waals surface area contributed by atoms with Crippen molar-refractivity contribution in [3.8, 4) is 0 Å². The molecule has 4 heteroatoms. The minimum Gasteiger partial charge on any atom is -0.445 e. The Bertz CT molecular complexity index is 427. The molecule has 1 spiro atoms. The summed E-state index contributed by atoms with van der Waals surface area (Å²) in [5, 5.41) is 3.42. The van der Waals surface area contributed by atoms with Crippen molar-refractivity contribution in [1.29, 1.82) is 0 Å². The zero-order chi connectivity index (χ0) is 12.4. The van der Waals surface area contributed by atoms with Crippen molar-refractivity contribution in [2.24, 2.45) is 0 Å². The van der Waals surface area contributed by atoms with E-state index in [0.717, 1.165) is 37.9 Å². The lowest BCUT2D eigenvalue weighted by Crippen LogP contribution is -2.67. The Balaban J connectivity index is 1.56. The molecule has 2 heterocycles. The van der Waals surface area contributed by atoms with E-state index >= 15 is 0 Å². The summed E-state index contributed by atoms with van der Waals surface area (Å²) in [6, 6.07) is 9.79. The number of nitrogens with one attached hydrogen (secondary N) is 1. The van der Waals surface area contributed by atoms with E-state index in [4.69, 9.17) is 4.74 Å². The summed E-state index contributed by atoms with van der Waals surface area (Å²) in [4.78, 5) is 13.9. The van der Waals surface area contributed by atoms with Gasteiger partial charge in [-0.15, -0.1) is 0 Å². The molecule has 0 aliphatic carbocycles. The predicted octanol–water partition coefficient (Wildman–Crippen LogP) is 2.11. The second-order valence-corrected chi connectivity index (χ2v) is 5.00. The highest BCUT2D eigenvalue weighted by atomic mass is 16.6. The molecule has 4 nitrogen and oxygen atoms in total. The quantitative estimate of drug-likeness (QED) is 0.869. The van der Waals surface area contributed by atoms with Crippen LogP contribution in [-0.2, 0) is 11.3 Å². The van der Waals surface area contributed by atoms with Gasteiger partial charge in [0.25, 0.3) is 0 Å². The summed E-state index contributed by atoms with van der Waals surface area (Å²) in [5.74, 6) is 0. The normalized spacial score (nSPS) is 26.1. The molecular weight excluding hydrogens is 228 g/mol. The highest BCUT2D eigenvalue weighted by molar-refractivity contribution is 5.70. The molecule has 1 aromatic rings. The molecule has 1 N–H and O–H groups in total. The lowest BCUT2D eigenvalue weighted by atomic mass is 9.93. The number of likely N-dealkylation sites (tertiary alicyclic amines) is 1. The van der Waals surface area contributed by atoms with Gasteiger partial charge in [0.1, 0.15) is 6.61 Å². The summed E-state index contributed by atoms with van der Waals surface area (Å²) in [7, 11) is 0. The van der Waals surface area contributed by atoms with Crippen molar-refractivity contribution < 1.29 is 9.53 Å². The average Bonchev–Trinajstić information content (AvgIpc) is 2.88. The third kappa shape index (κ3) is 1.97. The number of carbonyl (C=O) groups is 1. The van der Waals surface area contributed by atoms with Crippen LogP contribution in [0.3, 0.4) is 0 Å². The van der Waals surface area contributed by atoms with Crippen molar-refractivity contribution in [2.45, 2.75) is 31.5 Å². The SMILES string of the molecule is O=C(OCc1ccccc1)N1CCC12CCCN2. The maximum atomic E-state index is 12.0. The molecule has 0 bridgehead atoms. The van der Waals surface area contributed by atoms with E-state index in [0.29, 0.717) is 6.61 Å². The third-order valence-corrected chi connectivity index (χ3v) is 3.91. The van der Waals surface area contributed by atoms with Crippen molar-refractivity contribution in [1.82, 2.24) is 10.2 Å². The highest BCUT2D eigenvalue weighted by Crippen LogP contribution is 2.36. The van der Waals surface area contributed by atoms with Gasteiger partial charge in [0.2, 0.25) is 0 Å². The van der Waals surface area contributed by atoms with Crippen molar-refractivity contribution in [3.05, 3.63) is 35.9 Å². The van der Waals surface area contributed by atoms with Crippen LogP contribution in [0.1, 0.15) is 24.8 Å². The number of carbonyl (C=O) groups excluding carboxylic acids is 1. The first-order chi connectivity index (χ1) is 8.80. The van der Waals surface area contributed by atoms with Crippen LogP contribution in [0.15, 0.2) is 30.3 Å². The van der Waals surface area contributed by atoms with Gasteiger partial charge in [-0.2, -0.15) is 0 Å². The number of benzene rings is 1. The van der Waals surface area contributed by atoms with E-state index < -0.39 is 0 Å². The Morgan fingerprint density at radius 2 is 2.17 bits per heavy atom. The molecule has 2 aliphatic heterocycles. The highest BCUT2D eigenvalue weighted by Gasteiger charge is 2.49. The smallest absolute Gasteiger partial charge is 0.411 e. The van der Waals surface area contributed by atoms with E-state index in [1.807, 2.05) is 35.2 Å². The Hall–Kier alpha value is -1.55. The largest absolute Gasteiger partial charge is 0.445 e. The van der Waals surface area contributed by atoms with Crippen LogP contribution in [0.4, 0.5) is 4.79 Å². The van der Waals surface area contributed by atoms with Gasteiger partial charge in [0.05, 0.1) is 5.66 Å². The topological polar surface area (TPSA) is 41.6 Å². The monoisotopic (exact) mass is 246 g/mol. The molecule has 1 amide bonds. The molecule has 1 atom stereocenters. The Kier molecular flexibility index (Phi) is 2.96. The van der Waals surface area contributed by atoms with E-state index in [1.54, 1.807) is 0 Å². The minimum absolute atomic E-state index is 0.0895. The summed E-state index contributed by atoms with van der Waals surface area (Å²) < 4.78 is 5.37. The van der Waals surface area contributed by atoms with Crippen LogP contribution in [0.2, 0.25) is 0 Å². The van der Waals surface area contributed by atoms with Gasteiger partial charge in [-0.05, 0) is 24.9 Å². The molecule has 0 saturated carbocycles. The molecule has 18 heavy (non-hydrogen) atoms. The molecule has 3 rings (SSSR count). The number of rotatable bonds is 2. The average molecular weight is 246 g/mol. The summed E-state index contributed by atoms with van der Waals surface area (Å²) in [6.45, 7) is 2.16. The predicted molar refractivity (Wildman–Crippen MR) is 67.9 cm³/mol. The lowest BCUT2D eigenvalue weighted by Gasteiger charge is -2.49. The van der Waals surface area contributed by atoms with Gasteiger partial charge in [0, 0.05) is 13.0 Å². The zero-order valence-electron chi connectivity index (χ0n) is 10.4. The standard InChI is InChI=1S/C14H18N2O2/c17-13(18-11-12-5-2-1-3-6-12)16-10-8-14(16)7-4-9-15-14/h1-3,5-6,15H,4,7-11H2. The first kappa shape index (κ1) is 11.5. The Labute approximate surface area is 107 Å². The van der Waals surface area contributed by atoms with Gasteiger partial charge in [-0.3, -0.25) is 10.2 Å². The second kappa shape index (κ2) is 4.61. The number of hydrogen-bond acceptors (Lipinski definition) is 3. The molecule has 1 aromatic carbocycles. The van der Waals surface area contributed by atoms with Crippen LogP contribution in [-0.4, -0.2) is 29.7 Å². The number of ether oxygens (including phenoxy) is 1. The van der Waals surface area contributed by atoms with Gasteiger partial charge < -0.3 is 4.74 Å². The second-order valence-electron chi connectivity index (χ2n) is 5.00. The first-order valence-electron chi connectivity index (χ1n) is 6.54. The molecule has 0 radical (unpaired) electrons. The molecule has 96 valence electrons. The number of amides is 1. The summed E-state index contributed by atoms with van der Waals surface area (Å²) in [5.41, 5.74) is 0.938. The van der Waals surface area contributed by atoms with E-state index in [1.165, 1.54) is 0 Å². The molecular formula is C14H18N2O2. The van der Waals surface area contributed by atoms with Crippen LogP contribution in [0.25, 0.3) is 0 Å². The zero-order valence-corrected chi connectivity index (χ0v) is 10.4. The minimum atomic E-state index is -0.195. The fourth-order valence-corrected chi connectivity index (χ4v) is 2.79. The first-order valence-corrected chi connectivity index (χ1v) is 6.54. The molecule has 0 aromatic heterocycles. The third-order valence-electron chi connectivity index (χ3n) is 3.91. The number of nitrogens with zero attached hydrogens (tertiary/aromatic N) is 1. The van der Waals surface area contributed by atoms with Crippen molar-refractivity contribution in [2.75, 3.05) is 13.1 Å². The van der Waals surface area contributed by atoms with E-state index in [-0.39, 0.29) is 11.8 Å². The van der Waals surface area contributed by atoms with Crippen molar-refractivity contribution >= 4 is 6.09 Å². The van der Waals surface area contributed by atoms with Crippen LogP contribution >= 0.6 is 0 Å². The lowest BCUT2D eigenvalue weighted by molar-refractivity contribution is -0.0264. The number of hydrogen-bond donors (Lipinski definition) is 1. The maximum Gasteiger partial charge on any atom is 0.411 e. The van der Waals surface area contributed by atoms with Gasteiger partial charge in [-0.25, -0.2) is 4.79 Å². The maximum absolute atomic E-state index is 12.0. The Morgan fingerprint density at radius 3 is 2.78 bits per heavy atom. The fourth-order valence-electron chi connectivity index (χ4n) is 2.79. The fraction of sp³-hybridized carbons (Fsp3) is 0.500. The van der Waals surface area contributed by atoms with Gasteiger partial charge >= 0.3 is 6.09 Å². The molecule has 2 aliphatic rings. The molecule has 1 unspecified atom stereocenters. The van der Waals surface area contributed by atoms with Crippen LogP contribution in [0.5, 0.6) is 0 Å². The van der Waals surface area contributed by atoms with Crippen LogP contribution in [0, 0.1) is 0 Å². The van der Waals surface area contributed by atoms with E-state index in [2.05, 4.69) is 5.32 Å². The molecule has 2 fully saturated rings. The summed E-state index contributed by atoms with van der Waals surface area (Å²) >= 11 is 0. The Morgan fingerprint density at radius 1 is 1.33 bits per heavy atom. The van der Waals surface area contributed by atoms with Gasteiger partial charge in [-0.1, -0.05) is 30.3 Å². The van der Waals surface area contributed by atoms with Crippen molar-refractivity contribution in [3.63, 3.8) is 0 Å². The van der Waals surface area contributed by atoms with Crippen LogP contribution < -0.4 is 5.32 Å². The summed E-state index contributed by atoms with van der Waals surface area (Å²) in [6.07, 6.45) is 3.04. The molecule has 2 saturated heterocycles. The van der Waals surface area contributed by atoms with E-state index in [9.17, 15) is 4.79 Å².